The van der Waals surface area contributed by atoms with E-state index < -0.39 is 0 Å². The molecule has 4 nitrogen and oxygen atoms in total. The molecule has 4 heteroatoms. The molecule has 18 heavy (non-hydrogen) atoms. The number of anilines is 1. The van der Waals surface area contributed by atoms with Gasteiger partial charge in [0.25, 0.3) is 0 Å². The van der Waals surface area contributed by atoms with Crippen molar-refractivity contribution < 1.29 is 9.90 Å². The highest BCUT2D eigenvalue weighted by Gasteiger charge is 2.06. The number of aromatic hydroxyl groups is 1. The van der Waals surface area contributed by atoms with Crippen LogP contribution in [0.15, 0.2) is 30.5 Å². The largest absolute Gasteiger partial charge is 0.506 e. The molecular formula is C14H20N2O2. The number of phenolic OH excluding ortho intramolecular Hbond substituents is 1. The fraction of sp³-hybridized carbons (Fsp3) is 0.357. The summed E-state index contributed by atoms with van der Waals surface area (Å²) >= 11 is 0. The second kappa shape index (κ2) is 5.58. The van der Waals surface area contributed by atoms with Crippen molar-refractivity contribution in [3.8, 4) is 5.75 Å². The Balaban J connectivity index is 2.58. The smallest absolute Gasteiger partial charge is 0.323 e. The Hall–Kier alpha value is -1.97. The van der Waals surface area contributed by atoms with Crippen LogP contribution in [-0.2, 0) is 0 Å². The van der Waals surface area contributed by atoms with Crippen LogP contribution in [-0.4, -0.2) is 11.1 Å². The summed E-state index contributed by atoms with van der Waals surface area (Å²) in [7, 11) is 0. The van der Waals surface area contributed by atoms with E-state index in [2.05, 4.69) is 10.6 Å². The molecule has 98 valence electrons. The number of amides is 2. The van der Waals surface area contributed by atoms with Gasteiger partial charge in [-0.25, -0.2) is 4.79 Å². The minimum atomic E-state index is -0.380. The number of nitrogens with one attached hydrogen (secondary N) is 2. The van der Waals surface area contributed by atoms with Crippen molar-refractivity contribution in [3.63, 3.8) is 0 Å². The van der Waals surface area contributed by atoms with E-state index in [4.69, 9.17) is 0 Å². The Bertz CT molecular complexity index is 459. The minimum absolute atomic E-state index is 0.0132. The van der Waals surface area contributed by atoms with E-state index in [-0.39, 0.29) is 17.2 Å². The Morgan fingerprint density at radius 3 is 2.56 bits per heavy atom. The molecule has 1 rings (SSSR count). The Labute approximate surface area is 108 Å². The molecule has 0 bridgehead atoms. The highest BCUT2D eigenvalue weighted by atomic mass is 16.3. The number of carbonyl (C=O) groups is 1. The van der Waals surface area contributed by atoms with Crippen LogP contribution in [0.5, 0.6) is 5.75 Å². The van der Waals surface area contributed by atoms with E-state index in [0.717, 1.165) is 5.56 Å². The van der Waals surface area contributed by atoms with E-state index in [1.54, 1.807) is 18.3 Å². The van der Waals surface area contributed by atoms with Gasteiger partial charge in [0, 0.05) is 6.20 Å². The molecular weight excluding hydrogens is 228 g/mol. The monoisotopic (exact) mass is 248 g/mol. The van der Waals surface area contributed by atoms with Crippen LogP contribution in [0.4, 0.5) is 10.5 Å². The number of urea groups is 1. The lowest BCUT2D eigenvalue weighted by Crippen LogP contribution is -2.24. The van der Waals surface area contributed by atoms with Crippen molar-refractivity contribution in [2.24, 2.45) is 5.41 Å². The molecule has 0 aliphatic heterocycles. The average molecular weight is 248 g/mol. The highest BCUT2D eigenvalue weighted by Crippen LogP contribution is 2.23. The highest BCUT2D eigenvalue weighted by molar-refractivity contribution is 5.91. The van der Waals surface area contributed by atoms with Crippen LogP contribution >= 0.6 is 0 Å². The van der Waals surface area contributed by atoms with Crippen molar-refractivity contribution >= 4 is 11.7 Å². The third-order valence-electron chi connectivity index (χ3n) is 2.20. The predicted molar refractivity (Wildman–Crippen MR) is 73.6 cm³/mol. The van der Waals surface area contributed by atoms with Gasteiger partial charge in [0.15, 0.2) is 0 Å². The molecule has 0 aromatic heterocycles. The first-order valence-electron chi connectivity index (χ1n) is 5.83. The standard InChI is InChI=1S/C14H20N2O2/c1-10-5-6-11(12(17)9-10)16-13(18)15-8-7-14(2,3)4/h5-9,17H,1-4H3,(H2,15,16,18)/b8-7+. The van der Waals surface area contributed by atoms with Crippen molar-refractivity contribution in [3.05, 3.63) is 36.0 Å². The number of hydrogen-bond acceptors (Lipinski definition) is 2. The van der Waals surface area contributed by atoms with Crippen LogP contribution in [0, 0.1) is 12.3 Å². The minimum Gasteiger partial charge on any atom is -0.506 e. The maximum Gasteiger partial charge on any atom is 0.323 e. The number of hydrogen-bond donors (Lipinski definition) is 3. The summed E-state index contributed by atoms with van der Waals surface area (Å²) < 4.78 is 0. The summed E-state index contributed by atoms with van der Waals surface area (Å²) in [5.74, 6) is 0.0601. The first-order chi connectivity index (χ1) is 8.28. The number of rotatable bonds is 2. The molecule has 0 heterocycles. The molecule has 0 saturated carbocycles. The SMILES string of the molecule is Cc1ccc(NC(=O)N/C=C/C(C)(C)C)c(O)c1. The van der Waals surface area contributed by atoms with Crippen LogP contribution in [0.25, 0.3) is 0 Å². The van der Waals surface area contributed by atoms with Crippen LogP contribution in [0.1, 0.15) is 26.3 Å². The van der Waals surface area contributed by atoms with Crippen molar-refractivity contribution in [1.29, 1.82) is 0 Å². The number of phenols is 1. The zero-order chi connectivity index (χ0) is 13.8. The fourth-order valence-corrected chi connectivity index (χ4v) is 1.27. The van der Waals surface area contributed by atoms with Gasteiger partial charge >= 0.3 is 6.03 Å². The van der Waals surface area contributed by atoms with Gasteiger partial charge in [0.05, 0.1) is 5.69 Å². The molecule has 2 amide bonds. The van der Waals surface area contributed by atoms with Gasteiger partial charge in [0.2, 0.25) is 0 Å². The summed E-state index contributed by atoms with van der Waals surface area (Å²) in [5.41, 5.74) is 1.34. The number of aryl methyl sites for hydroxylation is 1. The summed E-state index contributed by atoms with van der Waals surface area (Å²) in [5, 5.41) is 14.8. The zero-order valence-electron chi connectivity index (χ0n) is 11.2. The summed E-state index contributed by atoms with van der Waals surface area (Å²) in [6.07, 6.45) is 3.49. The fourth-order valence-electron chi connectivity index (χ4n) is 1.27. The second-order valence-corrected chi connectivity index (χ2v) is 5.32. The van der Waals surface area contributed by atoms with Gasteiger partial charge < -0.3 is 15.7 Å². The first kappa shape index (κ1) is 14.1. The molecule has 0 unspecified atom stereocenters. The van der Waals surface area contributed by atoms with Crippen molar-refractivity contribution in [2.45, 2.75) is 27.7 Å². The maximum absolute atomic E-state index is 11.6. The van der Waals surface area contributed by atoms with Crippen molar-refractivity contribution in [2.75, 3.05) is 5.32 Å². The molecule has 0 saturated heterocycles. The lowest BCUT2D eigenvalue weighted by atomic mass is 9.97. The normalized spacial score (nSPS) is 11.6. The van der Waals surface area contributed by atoms with E-state index >= 15 is 0 Å². The molecule has 0 atom stereocenters. The van der Waals surface area contributed by atoms with Crippen LogP contribution in [0.2, 0.25) is 0 Å². The second-order valence-electron chi connectivity index (χ2n) is 5.32. The zero-order valence-corrected chi connectivity index (χ0v) is 11.2. The molecule has 0 aliphatic rings. The molecule has 3 N–H and O–H groups in total. The van der Waals surface area contributed by atoms with Crippen LogP contribution in [0.3, 0.4) is 0 Å². The summed E-state index contributed by atoms with van der Waals surface area (Å²) in [6, 6.07) is 4.70. The molecule has 0 spiro atoms. The molecule has 0 fully saturated rings. The number of carbonyl (C=O) groups excluding carboxylic acids is 1. The van der Waals surface area contributed by atoms with Crippen LogP contribution < -0.4 is 10.6 Å². The Morgan fingerprint density at radius 1 is 1.33 bits per heavy atom. The summed E-state index contributed by atoms with van der Waals surface area (Å²) in [4.78, 5) is 11.6. The average Bonchev–Trinajstić information content (AvgIpc) is 2.20. The van der Waals surface area contributed by atoms with E-state index in [9.17, 15) is 9.90 Å². The number of benzene rings is 1. The Morgan fingerprint density at radius 2 is 2.00 bits per heavy atom. The Kier molecular flexibility index (Phi) is 4.37. The lowest BCUT2D eigenvalue weighted by molar-refractivity contribution is 0.255. The third kappa shape index (κ3) is 4.91. The van der Waals surface area contributed by atoms with Gasteiger partial charge in [-0.15, -0.1) is 0 Å². The topological polar surface area (TPSA) is 61.4 Å². The van der Waals surface area contributed by atoms with Gasteiger partial charge in [-0.2, -0.15) is 0 Å². The quantitative estimate of drug-likeness (QED) is 0.703. The maximum atomic E-state index is 11.6. The third-order valence-corrected chi connectivity index (χ3v) is 2.20. The van der Waals surface area contributed by atoms with Gasteiger partial charge in [-0.1, -0.05) is 32.9 Å². The summed E-state index contributed by atoms with van der Waals surface area (Å²) in [6.45, 7) is 7.98. The molecule has 0 radical (unpaired) electrons. The molecule has 0 aliphatic carbocycles. The van der Waals surface area contributed by atoms with Gasteiger partial charge in [0.1, 0.15) is 5.75 Å². The lowest BCUT2D eigenvalue weighted by Gasteiger charge is -2.11. The molecule has 1 aromatic carbocycles. The molecule has 1 aromatic rings. The first-order valence-corrected chi connectivity index (χ1v) is 5.83. The van der Waals surface area contributed by atoms with E-state index in [1.807, 2.05) is 39.8 Å². The predicted octanol–water partition coefficient (Wildman–Crippen LogP) is 3.38. The van der Waals surface area contributed by atoms with E-state index in [0.29, 0.717) is 5.69 Å². The van der Waals surface area contributed by atoms with Crippen molar-refractivity contribution in [1.82, 2.24) is 5.32 Å². The van der Waals surface area contributed by atoms with Gasteiger partial charge in [-0.05, 0) is 30.0 Å². The van der Waals surface area contributed by atoms with E-state index in [1.165, 1.54) is 0 Å². The van der Waals surface area contributed by atoms with Gasteiger partial charge in [-0.3, -0.25) is 0 Å². The number of allylic oxidation sites excluding steroid dienone is 1.